The highest BCUT2D eigenvalue weighted by Crippen LogP contribution is 2.07. The van der Waals surface area contributed by atoms with Gasteiger partial charge in [-0.2, -0.15) is 0 Å². The average Bonchev–Trinajstić information content (AvgIpc) is 2.40. The molecule has 0 aromatic carbocycles. The fourth-order valence-corrected chi connectivity index (χ4v) is 2.29. The maximum atomic E-state index is 12.1. The first-order valence-corrected chi connectivity index (χ1v) is 6.79. The van der Waals surface area contributed by atoms with E-state index >= 15 is 0 Å². The first-order chi connectivity index (χ1) is 8.99. The molecule has 0 aliphatic carbocycles. The number of halogens is 1. The first-order valence-electron chi connectivity index (χ1n) is 6.00. The summed E-state index contributed by atoms with van der Waals surface area (Å²) in [6.07, 6.45) is 2.23. The molecule has 2 rings (SSSR count). The summed E-state index contributed by atoms with van der Waals surface area (Å²) in [7, 11) is 0. The van der Waals surface area contributed by atoms with E-state index in [4.69, 9.17) is 0 Å². The van der Waals surface area contributed by atoms with E-state index in [1.54, 1.807) is 11.8 Å². The Balaban J connectivity index is 2.13. The van der Waals surface area contributed by atoms with Crippen LogP contribution in [0.2, 0.25) is 0 Å². The lowest BCUT2D eigenvalue weighted by molar-refractivity contribution is -0.135. The summed E-state index contributed by atoms with van der Waals surface area (Å²) in [5.74, 6) is 0.522. The Morgan fingerprint density at radius 3 is 2.63 bits per heavy atom. The van der Waals surface area contributed by atoms with E-state index in [0.717, 1.165) is 0 Å². The molecule has 2 heterocycles. The Hall–Kier alpha value is -1.50. The van der Waals surface area contributed by atoms with Crippen LogP contribution < -0.4 is 5.56 Å². The molecule has 0 saturated carbocycles. The van der Waals surface area contributed by atoms with Gasteiger partial charge in [-0.15, -0.1) is 0 Å². The highest BCUT2D eigenvalue weighted by molar-refractivity contribution is 9.10. The highest BCUT2D eigenvalue weighted by atomic mass is 79.9. The van der Waals surface area contributed by atoms with Gasteiger partial charge in [-0.1, -0.05) is 0 Å². The molecule has 1 aliphatic heterocycles. The van der Waals surface area contributed by atoms with Gasteiger partial charge in [0.2, 0.25) is 5.91 Å². The minimum Gasteiger partial charge on any atom is -0.340 e. The number of nitrogens with zero attached hydrogens (tertiary/aromatic N) is 3. The molecule has 1 aromatic heterocycles. The predicted octanol–water partition coefficient (Wildman–Crippen LogP) is 0.506. The molecule has 0 atom stereocenters. The van der Waals surface area contributed by atoms with Crippen molar-refractivity contribution in [2.75, 3.05) is 13.1 Å². The van der Waals surface area contributed by atoms with Gasteiger partial charge in [0.25, 0.3) is 5.56 Å². The van der Waals surface area contributed by atoms with E-state index in [1.165, 1.54) is 10.8 Å². The number of amides is 1. The number of hydrogen-bond donors (Lipinski definition) is 0. The number of ketones is 1. The molecule has 6 nitrogen and oxygen atoms in total. The van der Waals surface area contributed by atoms with E-state index in [1.807, 2.05) is 0 Å². The zero-order chi connectivity index (χ0) is 14.0. The number of piperidine rings is 1. The monoisotopic (exact) mass is 327 g/mol. The van der Waals surface area contributed by atoms with Crippen LogP contribution in [0.5, 0.6) is 0 Å². The minimum atomic E-state index is -0.270. The summed E-state index contributed by atoms with van der Waals surface area (Å²) in [5.41, 5.74) is -0.270. The standard InChI is InChI=1S/C12H14BrN3O3/c1-8-14-6-10(13)12(19)16(8)7-11(18)15-4-2-9(17)3-5-15/h6H,2-5,7H2,1H3. The third-order valence-corrected chi connectivity index (χ3v) is 3.72. The largest absolute Gasteiger partial charge is 0.340 e. The van der Waals surface area contributed by atoms with Crippen LogP contribution in [0.3, 0.4) is 0 Å². The number of likely N-dealkylation sites (tertiary alicyclic amines) is 1. The summed E-state index contributed by atoms with van der Waals surface area (Å²) in [6.45, 7) is 2.52. The lowest BCUT2D eigenvalue weighted by Gasteiger charge is -2.26. The van der Waals surface area contributed by atoms with Crippen LogP contribution in [0.15, 0.2) is 15.5 Å². The lowest BCUT2D eigenvalue weighted by Crippen LogP contribution is -2.42. The first kappa shape index (κ1) is 13.9. The number of Topliss-reactive ketones (excluding diaryl/α,β-unsaturated/α-hetero) is 1. The van der Waals surface area contributed by atoms with Crippen LogP contribution in [0.1, 0.15) is 18.7 Å². The Bertz CT molecular complexity index is 572. The SMILES string of the molecule is Cc1ncc(Br)c(=O)n1CC(=O)N1CCC(=O)CC1. The van der Waals surface area contributed by atoms with Crippen molar-refractivity contribution >= 4 is 27.6 Å². The second-order valence-corrected chi connectivity index (χ2v) is 5.32. The fourth-order valence-electron chi connectivity index (χ4n) is 1.98. The van der Waals surface area contributed by atoms with Gasteiger partial charge in [0.1, 0.15) is 22.6 Å². The average molecular weight is 328 g/mol. The molecule has 7 heteroatoms. The summed E-state index contributed by atoms with van der Waals surface area (Å²) >= 11 is 3.11. The van der Waals surface area contributed by atoms with Gasteiger partial charge in [0, 0.05) is 32.1 Å². The van der Waals surface area contributed by atoms with Gasteiger partial charge in [0.15, 0.2) is 0 Å². The molecule has 102 valence electrons. The maximum absolute atomic E-state index is 12.1. The summed E-state index contributed by atoms with van der Waals surface area (Å²) < 4.78 is 1.67. The molecule has 1 amide bonds. The van der Waals surface area contributed by atoms with Crippen molar-refractivity contribution in [1.29, 1.82) is 0 Å². The third-order valence-electron chi connectivity index (χ3n) is 3.17. The molecular weight excluding hydrogens is 314 g/mol. The van der Waals surface area contributed by atoms with Crippen molar-refractivity contribution in [3.63, 3.8) is 0 Å². The Morgan fingerprint density at radius 2 is 2.00 bits per heavy atom. The second kappa shape index (κ2) is 5.64. The second-order valence-electron chi connectivity index (χ2n) is 4.46. The molecule has 0 radical (unpaired) electrons. The zero-order valence-electron chi connectivity index (χ0n) is 10.6. The molecule has 0 spiro atoms. The number of rotatable bonds is 2. The molecular formula is C12H14BrN3O3. The van der Waals surface area contributed by atoms with Crippen molar-refractivity contribution in [3.05, 3.63) is 26.8 Å². The van der Waals surface area contributed by atoms with E-state index in [9.17, 15) is 14.4 Å². The van der Waals surface area contributed by atoms with Crippen molar-refractivity contribution < 1.29 is 9.59 Å². The Morgan fingerprint density at radius 1 is 1.37 bits per heavy atom. The molecule has 1 fully saturated rings. The number of aromatic nitrogens is 2. The van der Waals surface area contributed by atoms with Crippen LogP contribution in [0, 0.1) is 6.92 Å². The number of aryl methyl sites for hydroxylation is 1. The fraction of sp³-hybridized carbons (Fsp3) is 0.500. The highest BCUT2D eigenvalue weighted by Gasteiger charge is 2.21. The van der Waals surface area contributed by atoms with Gasteiger partial charge >= 0.3 is 0 Å². The molecule has 1 aromatic rings. The topological polar surface area (TPSA) is 72.3 Å². The molecule has 19 heavy (non-hydrogen) atoms. The van der Waals surface area contributed by atoms with Gasteiger partial charge in [-0.3, -0.25) is 19.0 Å². The molecule has 1 aliphatic rings. The number of carbonyl (C=O) groups is 2. The van der Waals surface area contributed by atoms with E-state index in [0.29, 0.717) is 36.2 Å². The van der Waals surface area contributed by atoms with E-state index in [-0.39, 0.29) is 23.8 Å². The minimum absolute atomic E-state index is 0.0364. The zero-order valence-corrected chi connectivity index (χ0v) is 12.1. The summed E-state index contributed by atoms with van der Waals surface area (Å²) in [5, 5.41) is 0. The van der Waals surface area contributed by atoms with Crippen molar-refractivity contribution in [2.24, 2.45) is 0 Å². The molecule has 0 bridgehead atoms. The van der Waals surface area contributed by atoms with Crippen molar-refractivity contribution in [3.8, 4) is 0 Å². The van der Waals surface area contributed by atoms with Gasteiger partial charge in [-0.25, -0.2) is 4.98 Å². The smallest absolute Gasteiger partial charge is 0.268 e. The van der Waals surface area contributed by atoms with Crippen LogP contribution in [0.25, 0.3) is 0 Å². The lowest BCUT2D eigenvalue weighted by atomic mass is 10.1. The number of hydrogen-bond acceptors (Lipinski definition) is 4. The Kier molecular flexibility index (Phi) is 4.14. The van der Waals surface area contributed by atoms with Crippen molar-refractivity contribution in [1.82, 2.24) is 14.5 Å². The Labute approximate surface area is 118 Å². The van der Waals surface area contributed by atoms with Gasteiger partial charge < -0.3 is 4.90 Å². The maximum Gasteiger partial charge on any atom is 0.268 e. The normalized spacial score (nSPS) is 15.7. The summed E-state index contributed by atoms with van der Waals surface area (Å²) in [4.78, 5) is 40.8. The van der Waals surface area contributed by atoms with Crippen LogP contribution in [-0.4, -0.2) is 39.2 Å². The van der Waals surface area contributed by atoms with E-state index in [2.05, 4.69) is 20.9 Å². The van der Waals surface area contributed by atoms with Gasteiger partial charge in [0.05, 0.1) is 0 Å². The molecule has 1 saturated heterocycles. The quantitative estimate of drug-likeness (QED) is 0.793. The number of carbonyl (C=O) groups excluding carboxylic acids is 2. The third kappa shape index (κ3) is 3.09. The van der Waals surface area contributed by atoms with Crippen LogP contribution >= 0.6 is 15.9 Å². The molecule has 0 unspecified atom stereocenters. The predicted molar refractivity (Wildman–Crippen MR) is 71.8 cm³/mol. The van der Waals surface area contributed by atoms with Crippen LogP contribution in [0.4, 0.5) is 0 Å². The molecule has 0 N–H and O–H groups in total. The van der Waals surface area contributed by atoms with Crippen molar-refractivity contribution in [2.45, 2.75) is 26.3 Å². The summed E-state index contributed by atoms with van der Waals surface area (Å²) in [6, 6.07) is 0. The van der Waals surface area contributed by atoms with E-state index < -0.39 is 0 Å². The van der Waals surface area contributed by atoms with Crippen LogP contribution in [-0.2, 0) is 16.1 Å². The van der Waals surface area contributed by atoms with Gasteiger partial charge in [-0.05, 0) is 22.9 Å².